The Morgan fingerprint density at radius 2 is 2.00 bits per heavy atom. The van der Waals surface area contributed by atoms with Crippen molar-refractivity contribution >= 4 is 15.9 Å². The molecule has 0 saturated heterocycles. The van der Waals surface area contributed by atoms with Crippen molar-refractivity contribution in [3.63, 3.8) is 0 Å². The Kier molecular flexibility index (Phi) is 5.18. The van der Waals surface area contributed by atoms with Crippen molar-refractivity contribution in [3.8, 4) is 0 Å². The highest BCUT2D eigenvalue weighted by molar-refractivity contribution is 7.89. The van der Waals surface area contributed by atoms with Gasteiger partial charge >= 0.3 is 6.18 Å². The third kappa shape index (κ3) is 4.37. The fraction of sp³-hybridized carbons (Fsp3) is 0.286. The van der Waals surface area contributed by atoms with Crippen LogP contribution in [0.25, 0.3) is 0 Å². The summed E-state index contributed by atoms with van der Waals surface area (Å²) in [5, 5.41) is 5.59. The summed E-state index contributed by atoms with van der Waals surface area (Å²) < 4.78 is 65.2. The van der Waals surface area contributed by atoms with Crippen molar-refractivity contribution < 1.29 is 26.4 Å². The fourth-order valence-electron chi connectivity index (χ4n) is 2.08. The standard InChI is InChI=1S/C14H15F3N4O3S/c1-18-25(23,24)10-5-3-4-9(6-10)7-19-13(22)11-8-21(2)20-12(11)14(15,16)17/h3-6,8,18H,7H2,1-2H3,(H,19,22). The zero-order valence-electron chi connectivity index (χ0n) is 13.3. The number of aromatic nitrogens is 2. The van der Waals surface area contributed by atoms with Crippen LogP contribution in [-0.2, 0) is 29.8 Å². The summed E-state index contributed by atoms with van der Waals surface area (Å²) in [5.41, 5.74) is -1.46. The maximum Gasteiger partial charge on any atom is 0.435 e. The van der Waals surface area contributed by atoms with Crippen molar-refractivity contribution in [3.05, 3.63) is 47.3 Å². The molecule has 0 atom stereocenters. The molecule has 2 rings (SSSR count). The van der Waals surface area contributed by atoms with Crippen LogP contribution in [0.4, 0.5) is 13.2 Å². The van der Waals surface area contributed by atoms with Crippen molar-refractivity contribution in [2.24, 2.45) is 7.05 Å². The minimum atomic E-state index is -4.76. The van der Waals surface area contributed by atoms with Crippen LogP contribution in [0.15, 0.2) is 35.4 Å². The van der Waals surface area contributed by atoms with Gasteiger partial charge in [-0.15, -0.1) is 0 Å². The van der Waals surface area contributed by atoms with Crippen molar-refractivity contribution in [2.45, 2.75) is 17.6 Å². The van der Waals surface area contributed by atoms with Gasteiger partial charge in [0.2, 0.25) is 10.0 Å². The Morgan fingerprint density at radius 3 is 2.60 bits per heavy atom. The fourth-order valence-corrected chi connectivity index (χ4v) is 2.88. The second kappa shape index (κ2) is 6.84. The van der Waals surface area contributed by atoms with Gasteiger partial charge in [0.25, 0.3) is 5.91 Å². The molecule has 0 aliphatic carbocycles. The summed E-state index contributed by atoms with van der Waals surface area (Å²) in [6.45, 7) is -0.141. The molecule has 0 fully saturated rings. The van der Waals surface area contributed by atoms with Gasteiger partial charge in [0.1, 0.15) is 0 Å². The molecule has 2 N–H and O–H groups in total. The van der Waals surface area contributed by atoms with E-state index in [1.807, 2.05) is 0 Å². The first-order valence-electron chi connectivity index (χ1n) is 6.96. The number of aryl methyl sites for hydroxylation is 1. The molecule has 1 amide bonds. The normalized spacial score (nSPS) is 12.2. The zero-order valence-corrected chi connectivity index (χ0v) is 14.1. The number of amides is 1. The van der Waals surface area contributed by atoms with Crippen LogP contribution in [-0.4, -0.2) is 31.2 Å². The molecule has 0 radical (unpaired) electrons. The summed E-state index contributed by atoms with van der Waals surface area (Å²) in [5.74, 6) is -0.956. The van der Waals surface area contributed by atoms with Gasteiger partial charge in [-0.1, -0.05) is 12.1 Å². The number of nitrogens with zero attached hydrogens (tertiary/aromatic N) is 2. The molecule has 0 aliphatic rings. The maximum atomic E-state index is 12.9. The monoisotopic (exact) mass is 376 g/mol. The van der Waals surface area contributed by atoms with Crippen molar-refractivity contribution in [2.75, 3.05) is 7.05 Å². The van der Waals surface area contributed by atoms with Crippen molar-refractivity contribution in [1.82, 2.24) is 19.8 Å². The minimum absolute atomic E-state index is 0.0147. The van der Waals surface area contributed by atoms with Crippen LogP contribution < -0.4 is 10.0 Å². The molecule has 7 nitrogen and oxygen atoms in total. The number of rotatable bonds is 5. The summed E-state index contributed by atoms with van der Waals surface area (Å²) >= 11 is 0. The smallest absolute Gasteiger partial charge is 0.348 e. The van der Waals surface area contributed by atoms with Gasteiger partial charge in [-0.05, 0) is 24.7 Å². The van der Waals surface area contributed by atoms with E-state index in [9.17, 15) is 26.4 Å². The quantitative estimate of drug-likeness (QED) is 0.822. The molecule has 1 heterocycles. The summed E-state index contributed by atoms with van der Waals surface area (Å²) in [4.78, 5) is 12.0. The molecule has 0 unspecified atom stereocenters. The number of hydrogen-bond donors (Lipinski definition) is 2. The largest absolute Gasteiger partial charge is 0.435 e. The average Bonchev–Trinajstić information content (AvgIpc) is 2.95. The molecule has 0 aliphatic heterocycles. The van der Waals surface area contributed by atoms with E-state index in [0.29, 0.717) is 5.56 Å². The predicted molar refractivity (Wildman–Crippen MR) is 82.1 cm³/mol. The number of sulfonamides is 1. The summed E-state index contributed by atoms with van der Waals surface area (Å²) in [6.07, 6.45) is -3.78. The third-order valence-corrected chi connectivity index (χ3v) is 4.68. The van der Waals surface area contributed by atoms with Gasteiger partial charge in [0.15, 0.2) is 5.69 Å². The lowest BCUT2D eigenvalue weighted by molar-refractivity contribution is -0.141. The van der Waals surface area contributed by atoms with Gasteiger partial charge < -0.3 is 5.32 Å². The van der Waals surface area contributed by atoms with Gasteiger partial charge in [0, 0.05) is 19.8 Å². The molecule has 0 spiro atoms. The van der Waals surface area contributed by atoms with E-state index in [1.165, 1.54) is 32.3 Å². The lowest BCUT2D eigenvalue weighted by atomic mass is 10.2. The van der Waals surface area contributed by atoms with E-state index >= 15 is 0 Å². The van der Waals surface area contributed by atoms with Gasteiger partial charge in [-0.3, -0.25) is 9.48 Å². The molecule has 1 aromatic carbocycles. The second-order valence-electron chi connectivity index (χ2n) is 5.10. The highest BCUT2D eigenvalue weighted by atomic mass is 32.2. The Morgan fingerprint density at radius 1 is 1.32 bits per heavy atom. The van der Waals surface area contributed by atoms with Gasteiger partial charge in [-0.2, -0.15) is 18.3 Å². The third-order valence-electron chi connectivity index (χ3n) is 3.27. The predicted octanol–water partition coefficient (Wildman–Crippen LogP) is 1.28. The molecule has 1 aromatic heterocycles. The average molecular weight is 376 g/mol. The van der Waals surface area contributed by atoms with E-state index in [4.69, 9.17) is 0 Å². The first-order valence-corrected chi connectivity index (χ1v) is 8.44. The van der Waals surface area contributed by atoms with Crippen LogP contribution in [0.2, 0.25) is 0 Å². The Labute approximate surface area is 141 Å². The molecule has 11 heteroatoms. The highest BCUT2D eigenvalue weighted by Crippen LogP contribution is 2.30. The number of benzene rings is 1. The molecule has 0 saturated carbocycles. The number of halogens is 3. The highest BCUT2D eigenvalue weighted by Gasteiger charge is 2.38. The summed E-state index contributed by atoms with van der Waals surface area (Å²) in [6, 6.07) is 5.69. The van der Waals surface area contributed by atoms with Crippen LogP contribution in [0.1, 0.15) is 21.6 Å². The lowest BCUT2D eigenvalue weighted by Gasteiger charge is -2.09. The molecule has 136 valence electrons. The number of carbonyl (C=O) groups is 1. The molecule has 2 aromatic rings. The topological polar surface area (TPSA) is 93.1 Å². The number of nitrogens with one attached hydrogen (secondary N) is 2. The Balaban J connectivity index is 2.18. The van der Waals surface area contributed by atoms with Crippen LogP contribution >= 0.6 is 0 Å². The number of alkyl halides is 3. The van der Waals surface area contributed by atoms with Crippen LogP contribution in [0.5, 0.6) is 0 Å². The molecule has 25 heavy (non-hydrogen) atoms. The van der Waals surface area contributed by atoms with E-state index in [-0.39, 0.29) is 11.4 Å². The lowest BCUT2D eigenvalue weighted by Crippen LogP contribution is -2.25. The minimum Gasteiger partial charge on any atom is -0.348 e. The van der Waals surface area contributed by atoms with Gasteiger partial charge in [0.05, 0.1) is 10.5 Å². The number of carbonyl (C=O) groups excluding carboxylic acids is 1. The van der Waals surface area contributed by atoms with E-state index in [1.54, 1.807) is 6.07 Å². The molecular formula is C14H15F3N4O3S. The van der Waals surface area contributed by atoms with E-state index < -0.39 is 33.4 Å². The number of hydrogen-bond acceptors (Lipinski definition) is 4. The Hall–Kier alpha value is -2.40. The second-order valence-corrected chi connectivity index (χ2v) is 6.99. The van der Waals surface area contributed by atoms with Crippen LogP contribution in [0.3, 0.4) is 0 Å². The first kappa shape index (κ1) is 18.9. The SMILES string of the molecule is CNS(=O)(=O)c1cccc(CNC(=O)c2cn(C)nc2C(F)(F)F)c1. The van der Waals surface area contributed by atoms with Crippen molar-refractivity contribution in [1.29, 1.82) is 0 Å². The molecule has 0 bridgehead atoms. The first-order chi connectivity index (χ1) is 11.5. The van der Waals surface area contributed by atoms with E-state index in [2.05, 4.69) is 15.1 Å². The zero-order chi connectivity index (χ0) is 18.8. The van der Waals surface area contributed by atoms with Gasteiger partial charge in [-0.25, -0.2) is 13.1 Å². The van der Waals surface area contributed by atoms with E-state index in [0.717, 1.165) is 10.9 Å². The Bertz CT molecular complexity index is 891. The maximum absolute atomic E-state index is 12.9. The molecular weight excluding hydrogens is 361 g/mol. The van der Waals surface area contributed by atoms with Crippen LogP contribution in [0, 0.1) is 0 Å². The summed E-state index contributed by atoms with van der Waals surface area (Å²) in [7, 11) is -1.13.